The standard InChI is InChI=1S/C12H17NO4/c1-8(14)13-7-10-11(17-12(15)16-10)9-5-3-2-4-6-9/h7,9-11H,2-6H2,1H3. The van der Waals surface area contributed by atoms with E-state index in [0.717, 1.165) is 25.7 Å². The fourth-order valence-corrected chi connectivity index (χ4v) is 2.50. The van der Waals surface area contributed by atoms with Gasteiger partial charge in [-0.2, -0.15) is 0 Å². The predicted molar refractivity (Wildman–Crippen MR) is 60.9 cm³/mol. The molecule has 5 nitrogen and oxygen atoms in total. The van der Waals surface area contributed by atoms with Crippen LogP contribution in [0.25, 0.3) is 0 Å². The van der Waals surface area contributed by atoms with Crippen molar-refractivity contribution in [2.24, 2.45) is 10.9 Å². The van der Waals surface area contributed by atoms with E-state index in [1.54, 1.807) is 0 Å². The van der Waals surface area contributed by atoms with Crippen LogP contribution in [-0.2, 0) is 14.3 Å². The maximum atomic E-state index is 11.2. The normalized spacial score (nSPS) is 30.3. The summed E-state index contributed by atoms with van der Waals surface area (Å²) < 4.78 is 10.2. The molecule has 0 N–H and O–H groups in total. The van der Waals surface area contributed by atoms with Crippen LogP contribution < -0.4 is 0 Å². The summed E-state index contributed by atoms with van der Waals surface area (Å²) in [5, 5.41) is 0. The maximum absolute atomic E-state index is 11.2. The van der Waals surface area contributed by atoms with Crippen LogP contribution in [0.1, 0.15) is 39.0 Å². The first-order valence-corrected chi connectivity index (χ1v) is 6.09. The van der Waals surface area contributed by atoms with Crippen molar-refractivity contribution in [3.8, 4) is 0 Å². The molecule has 1 saturated carbocycles. The Kier molecular flexibility index (Phi) is 3.76. The number of amides is 1. The molecule has 17 heavy (non-hydrogen) atoms. The third-order valence-electron chi connectivity index (χ3n) is 3.31. The van der Waals surface area contributed by atoms with Crippen LogP contribution in [0.2, 0.25) is 0 Å². The molecule has 2 unspecified atom stereocenters. The lowest BCUT2D eigenvalue weighted by atomic mass is 9.83. The van der Waals surface area contributed by atoms with Gasteiger partial charge in [-0.15, -0.1) is 0 Å². The molecule has 1 aliphatic heterocycles. The minimum Gasteiger partial charge on any atom is -0.426 e. The molecule has 0 aromatic rings. The smallest absolute Gasteiger partial charge is 0.426 e. The van der Waals surface area contributed by atoms with E-state index in [4.69, 9.17) is 9.47 Å². The van der Waals surface area contributed by atoms with Crippen LogP contribution in [0.15, 0.2) is 4.99 Å². The summed E-state index contributed by atoms with van der Waals surface area (Å²) in [6.45, 7) is 1.36. The van der Waals surface area contributed by atoms with Crippen molar-refractivity contribution in [3.05, 3.63) is 0 Å². The Morgan fingerprint density at radius 2 is 2.00 bits per heavy atom. The zero-order chi connectivity index (χ0) is 12.3. The average molecular weight is 239 g/mol. The van der Waals surface area contributed by atoms with Gasteiger partial charge < -0.3 is 9.47 Å². The lowest BCUT2D eigenvalue weighted by Crippen LogP contribution is -2.33. The summed E-state index contributed by atoms with van der Waals surface area (Å²) in [6, 6.07) is 0. The van der Waals surface area contributed by atoms with Crippen LogP contribution >= 0.6 is 0 Å². The average Bonchev–Trinajstić information content (AvgIpc) is 2.69. The first-order chi connectivity index (χ1) is 8.16. The van der Waals surface area contributed by atoms with Crippen molar-refractivity contribution in [1.82, 2.24) is 0 Å². The van der Waals surface area contributed by atoms with E-state index in [-0.39, 0.29) is 12.0 Å². The summed E-state index contributed by atoms with van der Waals surface area (Å²) in [4.78, 5) is 25.6. The number of ether oxygens (including phenoxy) is 2. The molecular weight excluding hydrogens is 222 g/mol. The van der Waals surface area contributed by atoms with E-state index in [1.807, 2.05) is 0 Å². The highest BCUT2D eigenvalue weighted by Crippen LogP contribution is 2.32. The van der Waals surface area contributed by atoms with Gasteiger partial charge in [-0.25, -0.2) is 9.79 Å². The Hall–Kier alpha value is -1.39. The molecule has 2 fully saturated rings. The van der Waals surface area contributed by atoms with Crippen LogP contribution in [0.3, 0.4) is 0 Å². The van der Waals surface area contributed by atoms with Crippen molar-refractivity contribution >= 4 is 18.3 Å². The van der Waals surface area contributed by atoms with E-state index in [2.05, 4.69) is 4.99 Å². The van der Waals surface area contributed by atoms with Gasteiger partial charge in [0.2, 0.25) is 5.91 Å². The van der Waals surface area contributed by atoms with Crippen LogP contribution in [0, 0.1) is 5.92 Å². The van der Waals surface area contributed by atoms with Gasteiger partial charge in [0.1, 0.15) is 0 Å². The second kappa shape index (κ2) is 5.29. The molecule has 1 amide bonds. The Labute approximate surface area is 100 Å². The number of nitrogens with zero attached hydrogens (tertiary/aromatic N) is 1. The number of aliphatic imine (C=N–C) groups is 1. The van der Waals surface area contributed by atoms with E-state index in [1.165, 1.54) is 19.6 Å². The number of hydrogen-bond donors (Lipinski definition) is 0. The molecule has 2 atom stereocenters. The molecule has 0 aromatic carbocycles. The zero-order valence-electron chi connectivity index (χ0n) is 9.93. The first-order valence-electron chi connectivity index (χ1n) is 6.09. The molecule has 0 aromatic heterocycles. The third-order valence-corrected chi connectivity index (χ3v) is 3.31. The lowest BCUT2D eigenvalue weighted by molar-refractivity contribution is -0.115. The first kappa shape index (κ1) is 12.1. The number of cyclic esters (lactones) is 2. The second-order valence-corrected chi connectivity index (χ2v) is 4.61. The van der Waals surface area contributed by atoms with E-state index < -0.39 is 12.3 Å². The van der Waals surface area contributed by atoms with Gasteiger partial charge in [0, 0.05) is 12.8 Å². The van der Waals surface area contributed by atoms with E-state index in [9.17, 15) is 9.59 Å². The number of rotatable bonds is 2. The van der Waals surface area contributed by atoms with E-state index >= 15 is 0 Å². The minimum absolute atomic E-state index is 0.272. The SMILES string of the molecule is CC(=O)N=CC1OC(=O)OC1C1CCCCC1. The minimum atomic E-state index is -0.652. The second-order valence-electron chi connectivity index (χ2n) is 4.61. The summed E-state index contributed by atoms with van der Waals surface area (Å²) in [7, 11) is 0. The number of hydrogen-bond acceptors (Lipinski definition) is 4. The van der Waals surface area contributed by atoms with Crippen molar-refractivity contribution in [2.75, 3.05) is 0 Å². The molecule has 0 radical (unpaired) electrons. The summed E-state index contributed by atoms with van der Waals surface area (Å²) in [5.41, 5.74) is 0. The molecule has 1 heterocycles. The molecular formula is C12H17NO4. The molecule has 5 heteroatoms. The molecule has 1 saturated heterocycles. The van der Waals surface area contributed by atoms with Crippen molar-refractivity contribution < 1.29 is 19.1 Å². The van der Waals surface area contributed by atoms with Crippen LogP contribution in [0.4, 0.5) is 4.79 Å². The third kappa shape index (κ3) is 3.05. The monoisotopic (exact) mass is 239 g/mol. The quantitative estimate of drug-likeness (QED) is 0.546. The molecule has 0 spiro atoms. The van der Waals surface area contributed by atoms with Gasteiger partial charge in [0.15, 0.2) is 12.2 Å². The van der Waals surface area contributed by atoms with E-state index in [0.29, 0.717) is 5.92 Å². The fraction of sp³-hybridized carbons (Fsp3) is 0.750. The maximum Gasteiger partial charge on any atom is 0.509 e. The molecule has 94 valence electrons. The number of carbonyl (C=O) groups is 2. The van der Waals surface area contributed by atoms with Crippen LogP contribution in [0.5, 0.6) is 0 Å². The van der Waals surface area contributed by atoms with Crippen LogP contribution in [-0.4, -0.2) is 30.5 Å². The molecule has 2 aliphatic rings. The van der Waals surface area contributed by atoms with Gasteiger partial charge in [0.25, 0.3) is 0 Å². The molecule has 0 bridgehead atoms. The van der Waals surface area contributed by atoms with Crippen molar-refractivity contribution in [2.45, 2.75) is 51.2 Å². The highest BCUT2D eigenvalue weighted by atomic mass is 16.8. The van der Waals surface area contributed by atoms with Gasteiger partial charge in [-0.05, 0) is 12.8 Å². The lowest BCUT2D eigenvalue weighted by Gasteiger charge is -2.26. The topological polar surface area (TPSA) is 65.0 Å². The molecule has 1 aliphatic carbocycles. The highest BCUT2D eigenvalue weighted by molar-refractivity contribution is 5.86. The molecule has 2 rings (SSSR count). The Bertz CT molecular complexity index is 333. The van der Waals surface area contributed by atoms with Crippen molar-refractivity contribution in [3.63, 3.8) is 0 Å². The van der Waals surface area contributed by atoms with Gasteiger partial charge in [-0.1, -0.05) is 19.3 Å². The Morgan fingerprint density at radius 3 is 2.65 bits per heavy atom. The summed E-state index contributed by atoms with van der Waals surface area (Å²) in [6.07, 6.45) is 5.62. The van der Waals surface area contributed by atoms with Crippen molar-refractivity contribution in [1.29, 1.82) is 0 Å². The zero-order valence-corrected chi connectivity index (χ0v) is 9.93. The highest BCUT2D eigenvalue weighted by Gasteiger charge is 2.41. The van der Waals surface area contributed by atoms with Gasteiger partial charge >= 0.3 is 6.16 Å². The Balaban J connectivity index is 2.02. The van der Waals surface area contributed by atoms with Gasteiger partial charge in [0.05, 0.1) is 6.21 Å². The van der Waals surface area contributed by atoms with Gasteiger partial charge in [-0.3, -0.25) is 4.79 Å². The summed E-state index contributed by atoms with van der Waals surface area (Å²) >= 11 is 0. The Morgan fingerprint density at radius 1 is 1.29 bits per heavy atom. The summed E-state index contributed by atoms with van der Waals surface area (Å²) in [5.74, 6) is 0.0361. The fourth-order valence-electron chi connectivity index (χ4n) is 2.50. The number of carbonyl (C=O) groups excluding carboxylic acids is 2. The predicted octanol–water partition coefficient (Wildman–Crippen LogP) is 2.09. The largest absolute Gasteiger partial charge is 0.509 e.